The molecule has 0 saturated heterocycles. The quantitative estimate of drug-likeness (QED) is 0.815. The molecule has 1 amide bonds. The van der Waals surface area contributed by atoms with E-state index >= 15 is 0 Å². The number of hydrogen-bond acceptors (Lipinski definition) is 1. The van der Waals surface area contributed by atoms with Crippen LogP contribution in [-0.4, -0.2) is 12.5 Å². The number of rotatable bonds is 5. The molecule has 2 rings (SSSR count). The van der Waals surface area contributed by atoms with Crippen molar-refractivity contribution in [2.45, 2.75) is 13.0 Å². The van der Waals surface area contributed by atoms with Gasteiger partial charge in [0.1, 0.15) is 29.3 Å². The fourth-order valence-corrected chi connectivity index (χ4v) is 2.08. The van der Waals surface area contributed by atoms with E-state index in [1.807, 2.05) is 0 Å². The van der Waals surface area contributed by atoms with Gasteiger partial charge < -0.3 is 10.6 Å². The summed E-state index contributed by atoms with van der Waals surface area (Å²) >= 11 is 0. The van der Waals surface area contributed by atoms with E-state index in [-0.39, 0.29) is 17.8 Å². The van der Waals surface area contributed by atoms with Crippen LogP contribution in [0.4, 0.5) is 23.2 Å². The molecule has 2 aromatic rings. The number of nitrogens with one attached hydrogen (secondary N) is 1. The molecular formula is C16H15F4N2O+. The summed E-state index contributed by atoms with van der Waals surface area (Å²) in [5.41, 5.74) is -0.0137. The molecule has 0 radical (unpaired) electrons. The topological polar surface area (TPSA) is 45.7 Å². The smallest absolute Gasteiger partial charge is 0.279 e. The molecule has 0 unspecified atom stereocenters. The van der Waals surface area contributed by atoms with Crippen molar-refractivity contribution in [1.82, 2.24) is 0 Å². The highest BCUT2D eigenvalue weighted by Crippen LogP contribution is 2.16. The monoisotopic (exact) mass is 327 g/mol. The van der Waals surface area contributed by atoms with Crippen LogP contribution in [-0.2, 0) is 4.79 Å². The van der Waals surface area contributed by atoms with Gasteiger partial charge >= 0.3 is 0 Å². The molecule has 0 bridgehead atoms. The third-order valence-electron chi connectivity index (χ3n) is 3.31. The van der Waals surface area contributed by atoms with Gasteiger partial charge in [-0.2, -0.15) is 0 Å². The molecule has 3 nitrogen and oxygen atoms in total. The van der Waals surface area contributed by atoms with Crippen molar-refractivity contribution in [3.8, 4) is 0 Å². The van der Waals surface area contributed by atoms with Gasteiger partial charge in [0, 0.05) is 17.7 Å². The van der Waals surface area contributed by atoms with E-state index in [9.17, 15) is 22.4 Å². The highest BCUT2D eigenvalue weighted by atomic mass is 19.1. The van der Waals surface area contributed by atoms with E-state index < -0.39 is 35.2 Å². The summed E-state index contributed by atoms with van der Waals surface area (Å²) in [5, 5.41) is 3.75. The summed E-state index contributed by atoms with van der Waals surface area (Å²) in [6, 6.07) is 5.47. The summed E-state index contributed by atoms with van der Waals surface area (Å²) in [6.07, 6.45) is 0. The Labute approximate surface area is 130 Å². The van der Waals surface area contributed by atoms with Crippen molar-refractivity contribution in [3.05, 3.63) is 65.2 Å². The Bertz CT molecular complexity index is 721. The highest BCUT2D eigenvalue weighted by molar-refractivity contribution is 5.91. The maximum atomic E-state index is 13.6. The molecule has 0 aliphatic carbocycles. The fourth-order valence-electron chi connectivity index (χ4n) is 2.08. The number of nitrogens with two attached hydrogens (primary N) is 1. The minimum atomic E-state index is -0.752. The zero-order valence-electron chi connectivity index (χ0n) is 12.2. The van der Waals surface area contributed by atoms with E-state index in [4.69, 9.17) is 0 Å². The van der Waals surface area contributed by atoms with E-state index in [1.165, 1.54) is 11.4 Å². The zero-order valence-corrected chi connectivity index (χ0v) is 12.2. The van der Waals surface area contributed by atoms with Crippen LogP contribution < -0.4 is 10.6 Å². The average Bonchev–Trinajstić information content (AvgIpc) is 2.48. The molecule has 122 valence electrons. The lowest BCUT2D eigenvalue weighted by Gasteiger charge is -2.12. The number of carbonyl (C=O) groups is 1. The van der Waals surface area contributed by atoms with Crippen molar-refractivity contribution in [1.29, 1.82) is 0 Å². The van der Waals surface area contributed by atoms with Gasteiger partial charge in [-0.3, -0.25) is 4.79 Å². The van der Waals surface area contributed by atoms with Gasteiger partial charge in [0.05, 0.1) is 5.69 Å². The van der Waals surface area contributed by atoms with Crippen LogP contribution in [0.5, 0.6) is 0 Å². The van der Waals surface area contributed by atoms with Crippen LogP contribution in [0.1, 0.15) is 18.5 Å². The molecular weight excluding hydrogens is 312 g/mol. The van der Waals surface area contributed by atoms with Crippen LogP contribution in [0.3, 0.4) is 0 Å². The lowest BCUT2D eigenvalue weighted by atomic mass is 10.1. The van der Waals surface area contributed by atoms with Crippen molar-refractivity contribution in [2.24, 2.45) is 0 Å². The first-order valence-electron chi connectivity index (χ1n) is 6.90. The number of quaternary nitrogens is 1. The second kappa shape index (κ2) is 7.23. The molecule has 23 heavy (non-hydrogen) atoms. The van der Waals surface area contributed by atoms with E-state index in [2.05, 4.69) is 5.32 Å². The van der Waals surface area contributed by atoms with Gasteiger partial charge in [0.15, 0.2) is 6.54 Å². The Kier molecular flexibility index (Phi) is 5.33. The molecule has 0 aromatic heterocycles. The molecule has 7 heteroatoms. The van der Waals surface area contributed by atoms with Crippen LogP contribution in [0.15, 0.2) is 36.4 Å². The zero-order chi connectivity index (χ0) is 17.0. The summed E-state index contributed by atoms with van der Waals surface area (Å²) in [7, 11) is 0. The number of anilines is 1. The molecule has 0 heterocycles. The Balaban J connectivity index is 1.94. The molecule has 0 saturated carbocycles. The van der Waals surface area contributed by atoms with E-state index in [0.29, 0.717) is 0 Å². The second-order valence-electron chi connectivity index (χ2n) is 5.07. The SMILES string of the molecule is C[C@@H]([NH2+]CC(=O)Nc1cc(F)ccc1F)c1ccc(F)cc1F. The van der Waals surface area contributed by atoms with Crippen molar-refractivity contribution in [2.75, 3.05) is 11.9 Å². The lowest BCUT2D eigenvalue weighted by Crippen LogP contribution is -2.86. The van der Waals surface area contributed by atoms with Crippen molar-refractivity contribution in [3.63, 3.8) is 0 Å². The molecule has 0 fully saturated rings. The highest BCUT2D eigenvalue weighted by Gasteiger charge is 2.17. The molecule has 0 spiro atoms. The minimum Gasteiger partial charge on any atom is -0.332 e. The van der Waals surface area contributed by atoms with Crippen LogP contribution >= 0.6 is 0 Å². The van der Waals surface area contributed by atoms with E-state index in [0.717, 1.165) is 30.3 Å². The molecule has 1 atom stereocenters. The van der Waals surface area contributed by atoms with Crippen LogP contribution in [0.2, 0.25) is 0 Å². The molecule has 0 aliphatic heterocycles. The summed E-state index contributed by atoms with van der Waals surface area (Å²) in [6.45, 7) is 1.51. The molecule has 0 aliphatic rings. The van der Waals surface area contributed by atoms with Crippen LogP contribution in [0.25, 0.3) is 0 Å². The van der Waals surface area contributed by atoms with Crippen molar-refractivity contribution < 1.29 is 27.7 Å². The maximum absolute atomic E-state index is 13.6. The Hall–Kier alpha value is -2.41. The molecule has 3 N–H and O–H groups in total. The lowest BCUT2D eigenvalue weighted by molar-refractivity contribution is -0.682. The third kappa shape index (κ3) is 4.53. The fraction of sp³-hybridized carbons (Fsp3) is 0.188. The first kappa shape index (κ1) is 17.0. The Morgan fingerprint density at radius 3 is 2.39 bits per heavy atom. The van der Waals surface area contributed by atoms with Gasteiger partial charge in [-0.15, -0.1) is 0 Å². The second-order valence-corrected chi connectivity index (χ2v) is 5.07. The predicted molar refractivity (Wildman–Crippen MR) is 76.6 cm³/mol. The Morgan fingerprint density at radius 1 is 1.04 bits per heavy atom. The van der Waals surface area contributed by atoms with Gasteiger partial charge in [0.2, 0.25) is 0 Å². The van der Waals surface area contributed by atoms with E-state index in [1.54, 1.807) is 6.92 Å². The maximum Gasteiger partial charge on any atom is 0.279 e. The number of hydrogen-bond donors (Lipinski definition) is 2. The van der Waals surface area contributed by atoms with Crippen molar-refractivity contribution >= 4 is 11.6 Å². The first-order chi connectivity index (χ1) is 10.9. The summed E-state index contributed by atoms with van der Waals surface area (Å²) < 4.78 is 52.9. The van der Waals surface area contributed by atoms with Gasteiger partial charge in [0.25, 0.3) is 5.91 Å². The number of halogens is 4. The number of carbonyl (C=O) groups excluding carboxylic acids is 1. The number of amides is 1. The normalized spacial score (nSPS) is 12.0. The third-order valence-corrected chi connectivity index (χ3v) is 3.31. The minimum absolute atomic E-state index is 0.131. The first-order valence-corrected chi connectivity index (χ1v) is 6.90. The Morgan fingerprint density at radius 2 is 1.70 bits per heavy atom. The number of benzene rings is 2. The standard InChI is InChI=1S/C16H14F4N2O/c1-9(12-4-2-10(17)6-14(12)20)21-8-16(23)22-15-7-11(18)3-5-13(15)19/h2-7,9,21H,8H2,1H3,(H,22,23)/p+1/t9-/m1/s1. The largest absolute Gasteiger partial charge is 0.332 e. The van der Waals surface area contributed by atoms with Crippen LogP contribution in [0, 0.1) is 23.3 Å². The average molecular weight is 327 g/mol. The summed E-state index contributed by atoms with van der Waals surface area (Å²) in [5.74, 6) is -3.38. The van der Waals surface area contributed by atoms with Gasteiger partial charge in [-0.25, -0.2) is 17.6 Å². The van der Waals surface area contributed by atoms with Gasteiger partial charge in [-0.1, -0.05) is 0 Å². The molecule has 2 aromatic carbocycles. The predicted octanol–water partition coefficient (Wildman–Crippen LogP) is 2.51. The van der Waals surface area contributed by atoms with Gasteiger partial charge in [-0.05, 0) is 31.2 Å². The summed E-state index contributed by atoms with van der Waals surface area (Å²) in [4.78, 5) is 11.8.